The lowest BCUT2D eigenvalue weighted by Crippen LogP contribution is -2.22. The van der Waals surface area contributed by atoms with Crippen LogP contribution < -0.4 is 19.5 Å². The van der Waals surface area contributed by atoms with Crippen molar-refractivity contribution in [3.8, 4) is 22.9 Å². The lowest BCUT2D eigenvalue weighted by molar-refractivity contribution is -0.115. The second kappa shape index (κ2) is 9.38. The number of hydrogen-bond donors (Lipinski definition) is 1. The van der Waals surface area contributed by atoms with Gasteiger partial charge in [-0.3, -0.25) is 9.36 Å². The fourth-order valence-electron chi connectivity index (χ4n) is 2.67. The van der Waals surface area contributed by atoms with Gasteiger partial charge >= 0.3 is 0 Å². The maximum absolute atomic E-state index is 12.7. The van der Waals surface area contributed by atoms with Crippen LogP contribution in [0, 0.1) is 0 Å². The molecular weight excluding hydrogens is 390 g/mol. The molecular formula is C21H23N3O4S. The zero-order valence-corrected chi connectivity index (χ0v) is 17.5. The molecule has 1 atom stereocenters. The average Bonchev–Trinajstić information content (AvgIpc) is 3.21. The van der Waals surface area contributed by atoms with Gasteiger partial charge in [0.15, 0.2) is 5.16 Å². The quantitative estimate of drug-likeness (QED) is 0.562. The Hall–Kier alpha value is -3.13. The highest BCUT2D eigenvalue weighted by Gasteiger charge is 2.19. The van der Waals surface area contributed by atoms with Gasteiger partial charge in [0.05, 0.1) is 32.3 Å². The molecule has 8 heteroatoms. The number of thioether (sulfide) groups is 1. The molecule has 29 heavy (non-hydrogen) atoms. The molecule has 0 saturated carbocycles. The van der Waals surface area contributed by atoms with Crippen LogP contribution in [0.2, 0.25) is 0 Å². The van der Waals surface area contributed by atoms with Crippen LogP contribution in [-0.2, 0) is 4.79 Å². The van der Waals surface area contributed by atoms with Crippen molar-refractivity contribution in [2.75, 3.05) is 26.6 Å². The standard InChI is InChI=1S/C21H23N3O4S/c1-14(20(25)23-15-10-18(27-3)13-19(11-15)28-4)29-21-22-8-9-24(21)16-6-5-7-17(12-16)26-2/h5-14H,1-4H3,(H,23,25). The molecule has 0 aliphatic rings. The highest BCUT2D eigenvalue weighted by atomic mass is 32.2. The Morgan fingerprint density at radius 3 is 2.38 bits per heavy atom. The minimum absolute atomic E-state index is 0.148. The first-order valence-electron chi connectivity index (χ1n) is 8.92. The van der Waals surface area contributed by atoms with Crippen molar-refractivity contribution in [3.63, 3.8) is 0 Å². The topological polar surface area (TPSA) is 74.6 Å². The highest BCUT2D eigenvalue weighted by molar-refractivity contribution is 8.00. The SMILES string of the molecule is COc1cc(NC(=O)C(C)Sc2nccn2-c2cccc(OC)c2)cc(OC)c1. The largest absolute Gasteiger partial charge is 0.497 e. The minimum Gasteiger partial charge on any atom is -0.497 e. The van der Waals surface area contributed by atoms with Crippen LogP contribution in [0.1, 0.15) is 6.92 Å². The van der Waals surface area contributed by atoms with E-state index in [2.05, 4.69) is 10.3 Å². The van der Waals surface area contributed by atoms with E-state index in [1.807, 2.05) is 42.0 Å². The Morgan fingerprint density at radius 1 is 1.03 bits per heavy atom. The predicted molar refractivity (Wildman–Crippen MR) is 114 cm³/mol. The summed E-state index contributed by atoms with van der Waals surface area (Å²) in [4.78, 5) is 17.1. The minimum atomic E-state index is -0.376. The molecule has 0 aliphatic carbocycles. The van der Waals surface area contributed by atoms with Crippen molar-refractivity contribution in [2.45, 2.75) is 17.3 Å². The van der Waals surface area contributed by atoms with Gasteiger partial charge in [-0.25, -0.2) is 4.98 Å². The van der Waals surface area contributed by atoms with Crippen LogP contribution in [0.15, 0.2) is 60.0 Å². The van der Waals surface area contributed by atoms with E-state index in [0.29, 0.717) is 22.3 Å². The van der Waals surface area contributed by atoms with E-state index in [0.717, 1.165) is 11.4 Å². The molecule has 0 radical (unpaired) electrons. The first-order chi connectivity index (χ1) is 14.0. The molecule has 3 aromatic rings. The van der Waals surface area contributed by atoms with Crippen LogP contribution in [-0.4, -0.2) is 42.0 Å². The number of benzene rings is 2. The van der Waals surface area contributed by atoms with Gasteiger partial charge in [-0.15, -0.1) is 0 Å². The molecule has 1 amide bonds. The monoisotopic (exact) mass is 413 g/mol. The Kier molecular flexibility index (Phi) is 6.66. The molecule has 1 aromatic heterocycles. The summed E-state index contributed by atoms with van der Waals surface area (Å²) in [5, 5.41) is 3.24. The van der Waals surface area contributed by atoms with E-state index < -0.39 is 0 Å². The molecule has 0 saturated heterocycles. The number of carbonyl (C=O) groups is 1. The maximum atomic E-state index is 12.7. The van der Waals surface area contributed by atoms with Crippen molar-refractivity contribution in [3.05, 3.63) is 54.9 Å². The number of amides is 1. The summed E-state index contributed by atoms with van der Waals surface area (Å²) in [6.07, 6.45) is 3.56. The summed E-state index contributed by atoms with van der Waals surface area (Å²) < 4.78 is 17.7. The van der Waals surface area contributed by atoms with Crippen molar-refractivity contribution < 1.29 is 19.0 Å². The summed E-state index contributed by atoms with van der Waals surface area (Å²) in [5.74, 6) is 1.82. The molecule has 0 aliphatic heterocycles. The van der Waals surface area contributed by atoms with Gasteiger partial charge in [0.2, 0.25) is 5.91 Å². The van der Waals surface area contributed by atoms with Crippen LogP contribution in [0.4, 0.5) is 5.69 Å². The van der Waals surface area contributed by atoms with Gasteiger partial charge in [0.25, 0.3) is 0 Å². The Bertz CT molecular complexity index is 967. The molecule has 1 heterocycles. The average molecular weight is 413 g/mol. The zero-order valence-electron chi connectivity index (χ0n) is 16.7. The third-order valence-electron chi connectivity index (χ3n) is 4.21. The van der Waals surface area contributed by atoms with Gasteiger partial charge in [0.1, 0.15) is 17.2 Å². The number of imidazole rings is 1. The fourth-order valence-corrected chi connectivity index (χ4v) is 3.55. The van der Waals surface area contributed by atoms with E-state index in [9.17, 15) is 4.79 Å². The number of hydrogen-bond acceptors (Lipinski definition) is 6. The molecule has 0 bridgehead atoms. The summed E-state index contributed by atoms with van der Waals surface area (Å²) in [5.41, 5.74) is 1.52. The maximum Gasteiger partial charge on any atom is 0.237 e. The zero-order chi connectivity index (χ0) is 20.8. The highest BCUT2D eigenvalue weighted by Crippen LogP contribution is 2.29. The lowest BCUT2D eigenvalue weighted by atomic mass is 10.2. The molecule has 7 nitrogen and oxygen atoms in total. The van der Waals surface area contributed by atoms with Gasteiger partial charge < -0.3 is 19.5 Å². The normalized spacial score (nSPS) is 11.6. The van der Waals surface area contributed by atoms with E-state index in [4.69, 9.17) is 14.2 Å². The van der Waals surface area contributed by atoms with Crippen molar-refractivity contribution in [1.82, 2.24) is 9.55 Å². The van der Waals surface area contributed by atoms with Crippen molar-refractivity contribution in [2.24, 2.45) is 0 Å². The number of carbonyl (C=O) groups excluding carboxylic acids is 1. The number of nitrogens with zero attached hydrogens (tertiary/aromatic N) is 2. The van der Waals surface area contributed by atoms with Crippen molar-refractivity contribution in [1.29, 1.82) is 0 Å². The smallest absolute Gasteiger partial charge is 0.237 e. The second-order valence-electron chi connectivity index (χ2n) is 6.13. The summed E-state index contributed by atoms with van der Waals surface area (Å²) in [7, 11) is 4.76. The van der Waals surface area contributed by atoms with Crippen molar-refractivity contribution >= 4 is 23.4 Å². The number of anilines is 1. The number of nitrogens with one attached hydrogen (secondary N) is 1. The van der Waals surface area contributed by atoms with E-state index in [1.165, 1.54) is 11.8 Å². The first kappa shape index (κ1) is 20.6. The molecule has 1 N–H and O–H groups in total. The van der Waals surface area contributed by atoms with E-state index >= 15 is 0 Å². The fraction of sp³-hybridized carbons (Fsp3) is 0.238. The second-order valence-corrected chi connectivity index (χ2v) is 7.44. The summed E-state index contributed by atoms with van der Waals surface area (Å²) in [6, 6.07) is 12.9. The predicted octanol–water partition coefficient (Wildman–Crippen LogP) is 4.02. The van der Waals surface area contributed by atoms with E-state index in [-0.39, 0.29) is 11.2 Å². The molecule has 1 unspecified atom stereocenters. The third kappa shape index (κ3) is 5.03. The number of methoxy groups -OCH3 is 3. The first-order valence-corrected chi connectivity index (χ1v) is 9.80. The van der Waals surface area contributed by atoms with Crippen LogP contribution in [0.5, 0.6) is 17.2 Å². The third-order valence-corrected chi connectivity index (χ3v) is 5.29. The lowest BCUT2D eigenvalue weighted by Gasteiger charge is -2.14. The Balaban J connectivity index is 1.73. The molecule has 0 fully saturated rings. The van der Waals surface area contributed by atoms with Gasteiger partial charge in [-0.2, -0.15) is 0 Å². The number of aromatic nitrogens is 2. The van der Waals surface area contributed by atoms with E-state index in [1.54, 1.807) is 45.7 Å². The van der Waals surface area contributed by atoms with Gasteiger partial charge in [0, 0.05) is 42.3 Å². The molecule has 0 spiro atoms. The van der Waals surface area contributed by atoms with Crippen LogP contribution in [0.25, 0.3) is 5.69 Å². The summed E-state index contributed by atoms with van der Waals surface area (Å²) in [6.45, 7) is 1.84. The number of rotatable bonds is 8. The number of ether oxygens (including phenoxy) is 3. The van der Waals surface area contributed by atoms with Crippen LogP contribution >= 0.6 is 11.8 Å². The van der Waals surface area contributed by atoms with Gasteiger partial charge in [-0.1, -0.05) is 17.8 Å². The molecule has 2 aromatic carbocycles. The van der Waals surface area contributed by atoms with Gasteiger partial charge in [-0.05, 0) is 19.1 Å². The Morgan fingerprint density at radius 2 is 1.72 bits per heavy atom. The Labute approximate surface area is 174 Å². The summed E-state index contributed by atoms with van der Waals surface area (Å²) >= 11 is 1.37. The van der Waals surface area contributed by atoms with Crippen LogP contribution in [0.3, 0.4) is 0 Å². The molecule has 152 valence electrons. The molecule has 3 rings (SSSR count).